The third-order valence-corrected chi connectivity index (χ3v) is 3.85. The lowest BCUT2D eigenvalue weighted by molar-refractivity contribution is 0.0693. The van der Waals surface area contributed by atoms with Crippen LogP contribution in [0.25, 0.3) is 0 Å². The van der Waals surface area contributed by atoms with Gasteiger partial charge in [-0.2, -0.15) is 0 Å². The number of carbonyl (C=O) groups is 2. The zero-order valence-corrected chi connectivity index (χ0v) is 11.9. The Morgan fingerprint density at radius 2 is 2.05 bits per heavy atom. The molecule has 1 heterocycles. The Balaban J connectivity index is 2.10. The fourth-order valence-electron chi connectivity index (χ4n) is 1.81. The summed E-state index contributed by atoms with van der Waals surface area (Å²) in [5.41, 5.74) is -0.644. The molecule has 2 aromatic rings. The van der Waals surface area contributed by atoms with Crippen molar-refractivity contribution in [3.8, 4) is 0 Å². The second kappa shape index (κ2) is 6.36. The zero-order valence-electron chi connectivity index (χ0n) is 11.1. The van der Waals surface area contributed by atoms with Gasteiger partial charge in [0.05, 0.1) is 11.7 Å². The maximum atomic E-state index is 13.5. The Morgan fingerprint density at radius 1 is 1.29 bits per heavy atom. The molecule has 1 atom stereocenters. The number of hydrogen-bond donors (Lipinski definition) is 3. The van der Waals surface area contributed by atoms with Crippen LogP contribution in [0.4, 0.5) is 14.9 Å². The van der Waals surface area contributed by atoms with E-state index in [1.54, 1.807) is 6.92 Å². The first-order valence-electron chi connectivity index (χ1n) is 6.11. The number of rotatable bonds is 4. The van der Waals surface area contributed by atoms with Crippen LogP contribution in [0.1, 0.15) is 28.2 Å². The van der Waals surface area contributed by atoms with Crippen LogP contribution < -0.4 is 10.6 Å². The third kappa shape index (κ3) is 3.57. The number of nitrogens with one attached hydrogen (secondary N) is 2. The molecule has 110 valence electrons. The van der Waals surface area contributed by atoms with Crippen molar-refractivity contribution < 1.29 is 19.1 Å². The molecule has 5 nitrogen and oxygen atoms in total. The minimum atomic E-state index is -1.44. The van der Waals surface area contributed by atoms with Gasteiger partial charge in [-0.05, 0) is 30.5 Å². The van der Waals surface area contributed by atoms with Gasteiger partial charge in [-0.1, -0.05) is 12.1 Å². The number of carboxylic acid groups (broad SMARTS) is 1. The summed E-state index contributed by atoms with van der Waals surface area (Å²) in [6.45, 7) is 1.80. The first-order chi connectivity index (χ1) is 9.99. The molecule has 2 amide bonds. The molecule has 0 aliphatic heterocycles. The quantitative estimate of drug-likeness (QED) is 0.809. The predicted octanol–water partition coefficient (Wildman–Crippen LogP) is 3.47. The van der Waals surface area contributed by atoms with Crippen molar-refractivity contribution in [3.05, 3.63) is 52.0 Å². The van der Waals surface area contributed by atoms with Crippen LogP contribution in [0.2, 0.25) is 0 Å². The molecule has 0 radical (unpaired) electrons. The smallest absolute Gasteiger partial charge is 0.340 e. The number of anilines is 1. The minimum Gasteiger partial charge on any atom is -0.478 e. The van der Waals surface area contributed by atoms with Gasteiger partial charge in [0.1, 0.15) is 11.4 Å². The van der Waals surface area contributed by atoms with Crippen LogP contribution in [0, 0.1) is 5.82 Å². The summed E-state index contributed by atoms with van der Waals surface area (Å²) < 4.78 is 13.5. The Kier molecular flexibility index (Phi) is 4.54. The van der Waals surface area contributed by atoms with Crippen LogP contribution in [-0.4, -0.2) is 17.1 Å². The van der Waals surface area contributed by atoms with Gasteiger partial charge in [0.15, 0.2) is 0 Å². The highest BCUT2D eigenvalue weighted by Gasteiger charge is 2.18. The second-order valence-corrected chi connectivity index (χ2v) is 5.28. The average molecular weight is 308 g/mol. The first-order valence-corrected chi connectivity index (χ1v) is 6.99. The van der Waals surface area contributed by atoms with Gasteiger partial charge in [-0.3, -0.25) is 0 Å². The largest absolute Gasteiger partial charge is 0.478 e. The van der Waals surface area contributed by atoms with E-state index in [4.69, 9.17) is 5.11 Å². The highest BCUT2D eigenvalue weighted by molar-refractivity contribution is 7.10. The first kappa shape index (κ1) is 15.0. The molecule has 1 aromatic carbocycles. The molecule has 0 fully saturated rings. The Hall–Kier alpha value is -2.41. The Morgan fingerprint density at radius 3 is 2.67 bits per heavy atom. The van der Waals surface area contributed by atoms with Crippen molar-refractivity contribution in [2.75, 3.05) is 5.32 Å². The number of urea groups is 1. The predicted molar refractivity (Wildman–Crippen MR) is 78.2 cm³/mol. The Bertz CT molecular complexity index is 658. The fourth-order valence-corrected chi connectivity index (χ4v) is 2.54. The maximum Gasteiger partial charge on any atom is 0.340 e. The molecule has 1 unspecified atom stereocenters. The van der Waals surface area contributed by atoms with E-state index in [9.17, 15) is 14.0 Å². The van der Waals surface area contributed by atoms with Crippen LogP contribution in [-0.2, 0) is 0 Å². The number of amides is 2. The van der Waals surface area contributed by atoms with E-state index in [1.165, 1.54) is 23.5 Å². The van der Waals surface area contributed by atoms with Gasteiger partial charge in [-0.25, -0.2) is 14.0 Å². The number of halogens is 1. The monoisotopic (exact) mass is 308 g/mol. The van der Waals surface area contributed by atoms with Gasteiger partial charge in [-0.15, -0.1) is 11.3 Å². The molecule has 0 aliphatic rings. The van der Waals surface area contributed by atoms with Crippen molar-refractivity contribution in [2.24, 2.45) is 0 Å². The molecule has 0 bridgehead atoms. The van der Waals surface area contributed by atoms with Crippen molar-refractivity contribution in [3.63, 3.8) is 0 Å². The molecule has 1 aromatic heterocycles. The number of aromatic carboxylic acids is 1. The molecule has 0 saturated heterocycles. The number of hydrogen-bond acceptors (Lipinski definition) is 3. The molecule has 0 spiro atoms. The van der Waals surface area contributed by atoms with Gasteiger partial charge in [0.2, 0.25) is 0 Å². The number of carboxylic acids is 1. The van der Waals surface area contributed by atoms with Crippen molar-refractivity contribution in [1.82, 2.24) is 5.32 Å². The van der Waals surface area contributed by atoms with Gasteiger partial charge in [0.25, 0.3) is 0 Å². The SMILES string of the molecule is CC(NC(=O)Nc1cccc(F)c1C(=O)O)c1cccs1. The van der Waals surface area contributed by atoms with E-state index >= 15 is 0 Å². The minimum absolute atomic E-state index is 0.0848. The Labute approximate surface area is 124 Å². The lowest BCUT2D eigenvalue weighted by atomic mass is 10.1. The van der Waals surface area contributed by atoms with Crippen LogP contribution in [0.3, 0.4) is 0 Å². The molecule has 3 N–H and O–H groups in total. The summed E-state index contributed by atoms with van der Waals surface area (Å²) in [6.07, 6.45) is 0. The summed E-state index contributed by atoms with van der Waals surface area (Å²) in [5, 5.41) is 15.9. The molecule has 7 heteroatoms. The summed E-state index contributed by atoms with van der Waals surface area (Å²) in [4.78, 5) is 23.9. The molecule has 21 heavy (non-hydrogen) atoms. The maximum absolute atomic E-state index is 13.5. The van der Waals surface area contributed by atoms with Crippen LogP contribution in [0.15, 0.2) is 35.7 Å². The van der Waals surface area contributed by atoms with Gasteiger partial charge < -0.3 is 15.7 Å². The van der Waals surface area contributed by atoms with Crippen molar-refractivity contribution in [2.45, 2.75) is 13.0 Å². The normalized spacial score (nSPS) is 11.7. The molecule has 0 aliphatic carbocycles. The highest BCUT2D eigenvalue weighted by atomic mass is 32.1. The van der Waals surface area contributed by atoms with Gasteiger partial charge in [0, 0.05) is 4.88 Å². The van der Waals surface area contributed by atoms with E-state index in [0.717, 1.165) is 10.9 Å². The van der Waals surface area contributed by atoms with E-state index in [1.807, 2.05) is 17.5 Å². The topological polar surface area (TPSA) is 78.4 Å². The number of thiophene rings is 1. The summed E-state index contributed by atoms with van der Waals surface area (Å²) in [7, 11) is 0. The average Bonchev–Trinajstić information content (AvgIpc) is 2.91. The third-order valence-electron chi connectivity index (χ3n) is 2.79. The fraction of sp³-hybridized carbons (Fsp3) is 0.143. The van der Waals surface area contributed by atoms with Crippen LogP contribution in [0.5, 0.6) is 0 Å². The number of benzene rings is 1. The standard InChI is InChI=1S/C14H13FN2O3S/c1-8(11-6-3-7-21-11)16-14(20)17-10-5-2-4-9(15)12(10)13(18)19/h2-8H,1H3,(H,18,19)(H2,16,17,20). The van der Waals surface area contributed by atoms with Crippen LogP contribution >= 0.6 is 11.3 Å². The molecular weight excluding hydrogens is 295 g/mol. The zero-order chi connectivity index (χ0) is 15.4. The van der Waals surface area contributed by atoms with Crippen molar-refractivity contribution in [1.29, 1.82) is 0 Å². The van der Waals surface area contributed by atoms with E-state index in [-0.39, 0.29) is 11.7 Å². The van der Waals surface area contributed by atoms with E-state index < -0.39 is 23.4 Å². The molecular formula is C14H13FN2O3S. The summed E-state index contributed by atoms with van der Waals surface area (Å²) in [6, 6.07) is 6.62. The van der Waals surface area contributed by atoms with Crippen molar-refractivity contribution >= 4 is 29.0 Å². The summed E-state index contributed by atoms with van der Waals surface area (Å²) in [5.74, 6) is -2.33. The highest BCUT2D eigenvalue weighted by Crippen LogP contribution is 2.20. The van der Waals surface area contributed by atoms with E-state index in [2.05, 4.69) is 10.6 Å². The second-order valence-electron chi connectivity index (χ2n) is 4.30. The molecule has 2 rings (SSSR count). The summed E-state index contributed by atoms with van der Waals surface area (Å²) >= 11 is 1.49. The van der Waals surface area contributed by atoms with Gasteiger partial charge >= 0.3 is 12.0 Å². The van der Waals surface area contributed by atoms with E-state index in [0.29, 0.717) is 0 Å². The lowest BCUT2D eigenvalue weighted by Crippen LogP contribution is -2.31. The lowest BCUT2D eigenvalue weighted by Gasteiger charge is -2.14. The number of carbonyl (C=O) groups excluding carboxylic acids is 1. The molecule has 0 saturated carbocycles.